The lowest BCUT2D eigenvalue weighted by Crippen LogP contribution is -2.24. The van der Waals surface area contributed by atoms with Crippen LogP contribution in [0.4, 0.5) is 0 Å². The molecule has 0 aliphatic carbocycles. The van der Waals surface area contributed by atoms with Crippen LogP contribution in [0.3, 0.4) is 0 Å². The first kappa shape index (κ1) is 17.9. The second kappa shape index (κ2) is 8.39. The number of hydrogen-bond acceptors (Lipinski definition) is 5. The molecule has 126 valence electrons. The highest BCUT2D eigenvalue weighted by molar-refractivity contribution is 9.10. The van der Waals surface area contributed by atoms with Gasteiger partial charge in [-0.1, -0.05) is 6.92 Å². The number of aromatic nitrogens is 2. The molecular formula is C16H17BrN4O3. The van der Waals surface area contributed by atoms with E-state index in [9.17, 15) is 9.59 Å². The minimum atomic E-state index is -0.573. The Hall–Kier alpha value is -2.48. The molecule has 1 heterocycles. The minimum absolute atomic E-state index is 0.0119. The van der Waals surface area contributed by atoms with Gasteiger partial charge < -0.3 is 9.72 Å². The molecule has 2 aromatic rings. The predicted octanol–water partition coefficient (Wildman–Crippen LogP) is 2.39. The van der Waals surface area contributed by atoms with E-state index in [0.29, 0.717) is 12.3 Å². The number of halogens is 1. The summed E-state index contributed by atoms with van der Waals surface area (Å²) in [5.74, 6) is 0.198. The van der Waals surface area contributed by atoms with Gasteiger partial charge in [0.25, 0.3) is 5.91 Å². The molecule has 0 saturated heterocycles. The van der Waals surface area contributed by atoms with Crippen LogP contribution in [-0.2, 0) is 0 Å². The molecule has 2 N–H and O–H groups in total. The van der Waals surface area contributed by atoms with Gasteiger partial charge in [0.2, 0.25) is 0 Å². The van der Waals surface area contributed by atoms with Gasteiger partial charge in [-0.15, -0.1) is 0 Å². The maximum atomic E-state index is 11.9. The van der Waals surface area contributed by atoms with Crippen molar-refractivity contribution in [1.29, 1.82) is 0 Å². The van der Waals surface area contributed by atoms with E-state index >= 15 is 0 Å². The third-order valence-corrected chi connectivity index (χ3v) is 3.53. The fourth-order valence-corrected chi connectivity index (χ4v) is 2.36. The second-order valence-corrected chi connectivity index (χ2v) is 5.85. The molecule has 7 nitrogen and oxygen atoms in total. The zero-order valence-electron chi connectivity index (χ0n) is 13.3. The molecule has 0 radical (unpaired) electrons. The number of carbonyl (C=O) groups is 1. The Morgan fingerprint density at radius 1 is 1.46 bits per heavy atom. The van der Waals surface area contributed by atoms with Crippen molar-refractivity contribution >= 4 is 28.1 Å². The highest BCUT2D eigenvalue weighted by Crippen LogP contribution is 2.25. The lowest BCUT2D eigenvalue weighted by Gasteiger charge is -2.07. The Bertz CT molecular complexity index is 817. The summed E-state index contributed by atoms with van der Waals surface area (Å²) in [6, 6.07) is 6.95. The van der Waals surface area contributed by atoms with Crippen LogP contribution >= 0.6 is 15.9 Å². The van der Waals surface area contributed by atoms with Crippen LogP contribution in [0, 0.1) is 6.92 Å². The normalized spacial score (nSPS) is 10.8. The number of benzene rings is 1. The van der Waals surface area contributed by atoms with Gasteiger partial charge in [0.15, 0.2) is 0 Å². The number of aryl methyl sites for hydroxylation is 1. The van der Waals surface area contributed by atoms with Crippen molar-refractivity contribution in [3.63, 3.8) is 0 Å². The molecular weight excluding hydrogens is 376 g/mol. The van der Waals surface area contributed by atoms with Gasteiger partial charge in [-0.25, -0.2) is 10.2 Å². The van der Waals surface area contributed by atoms with E-state index < -0.39 is 11.6 Å². The molecule has 0 aliphatic heterocycles. The first-order valence-corrected chi connectivity index (χ1v) is 8.12. The molecule has 1 aromatic carbocycles. The molecule has 0 unspecified atom stereocenters. The molecule has 0 saturated carbocycles. The molecule has 0 bridgehead atoms. The highest BCUT2D eigenvalue weighted by Gasteiger charge is 2.07. The molecule has 0 atom stereocenters. The van der Waals surface area contributed by atoms with Gasteiger partial charge in [0.05, 0.1) is 17.3 Å². The number of amides is 1. The van der Waals surface area contributed by atoms with Crippen LogP contribution < -0.4 is 15.9 Å². The van der Waals surface area contributed by atoms with Gasteiger partial charge >= 0.3 is 5.69 Å². The summed E-state index contributed by atoms with van der Waals surface area (Å²) in [4.78, 5) is 29.2. The fraction of sp³-hybridized carbons (Fsp3) is 0.250. The van der Waals surface area contributed by atoms with Gasteiger partial charge in [0.1, 0.15) is 11.4 Å². The van der Waals surface area contributed by atoms with E-state index in [0.717, 1.165) is 22.2 Å². The summed E-state index contributed by atoms with van der Waals surface area (Å²) in [5, 5.41) is 3.87. The van der Waals surface area contributed by atoms with E-state index in [1.165, 1.54) is 12.3 Å². The second-order valence-electron chi connectivity index (χ2n) is 4.99. The van der Waals surface area contributed by atoms with Gasteiger partial charge in [-0.05, 0) is 59.1 Å². The maximum absolute atomic E-state index is 11.9. The van der Waals surface area contributed by atoms with E-state index in [-0.39, 0.29) is 5.69 Å². The summed E-state index contributed by atoms with van der Waals surface area (Å²) < 4.78 is 6.37. The Kier molecular flexibility index (Phi) is 6.25. The van der Waals surface area contributed by atoms with E-state index in [1.807, 2.05) is 25.1 Å². The van der Waals surface area contributed by atoms with Crippen LogP contribution in [0.5, 0.6) is 5.75 Å². The van der Waals surface area contributed by atoms with E-state index in [2.05, 4.69) is 36.4 Å². The molecule has 2 rings (SSSR count). The standard InChI is InChI=1S/C16H17BrN4O3/c1-3-6-24-14-5-4-11(8-12(14)17)9-18-21-15(22)13-7-10(2)19-16(23)20-13/h4-5,7-9H,3,6H2,1-2H3,(H,21,22)(H,19,20,23)/b18-9+. The first-order valence-electron chi connectivity index (χ1n) is 7.33. The molecule has 8 heteroatoms. The molecule has 1 amide bonds. The van der Waals surface area contributed by atoms with Crippen molar-refractivity contribution in [2.45, 2.75) is 20.3 Å². The van der Waals surface area contributed by atoms with Crippen LogP contribution in [0.15, 0.2) is 38.6 Å². The molecule has 0 spiro atoms. The van der Waals surface area contributed by atoms with Crippen molar-refractivity contribution in [1.82, 2.24) is 15.4 Å². The van der Waals surface area contributed by atoms with Crippen LogP contribution in [-0.4, -0.2) is 28.7 Å². The average molecular weight is 393 g/mol. The third kappa shape index (κ3) is 5.02. The number of nitrogens with one attached hydrogen (secondary N) is 2. The topological polar surface area (TPSA) is 96.4 Å². The summed E-state index contributed by atoms with van der Waals surface area (Å²) in [5.41, 5.74) is 3.11. The molecule has 1 aromatic heterocycles. The molecule has 24 heavy (non-hydrogen) atoms. The van der Waals surface area contributed by atoms with Crippen molar-refractivity contribution in [3.05, 3.63) is 56.2 Å². The summed E-state index contributed by atoms with van der Waals surface area (Å²) in [7, 11) is 0. The summed E-state index contributed by atoms with van der Waals surface area (Å²) in [6.45, 7) is 4.35. The zero-order chi connectivity index (χ0) is 17.5. The number of rotatable bonds is 6. The van der Waals surface area contributed by atoms with E-state index in [4.69, 9.17) is 4.74 Å². The Morgan fingerprint density at radius 2 is 2.25 bits per heavy atom. The van der Waals surface area contributed by atoms with Crippen molar-refractivity contribution in [3.8, 4) is 5.75 Å². The number of hydrazone groups is 1. The van der Waals surface area contributed by atoms with Gasteiger partial charge in [-0.2, -0.15) is 10.1 Å². The fourth-order valence-electron chi connectivity index (χ4n) is 1.84. The lowest BCUT2D eigenvalue weighted by molar-refractivity contribution is 0.0949. The third-order valence-electron chi connectivity index (χ3n) is 2.91. The summed E-state index contributed by atoms with van der Waals surface area (Å²) >= 11 is 3.43. The monoisotopic (exact) mass is 392 g/mol. The number of ether oxygens (including phenoxy) is 1. The average Bonchev–Trinajstić information content (AvgIpc) is 2.53. The number of H-pyrrole nitrogens is 1. The van der Waals surface area contributed by atoms with Crippen molar-refractivity contribution < 1.29 is 9.53 Å². The van der Waals surface area contributed by atoms with Crippen LogP contribution in [0.25, 0.3) is 0 Å². The smallest absolute Gasteiger partial charge is 0.345 e. The molecule has 0 aliphatic rings. The number of aromatic amines is 1. The lowest BCUT2D eigenvalue weighted by atomic mass is 10.2. The number of carbonyl (C=O) groups excluding carboxylic acids is 1. The summed E-state index contributed by atoms with van der Waals surface area (Å²) in [6.07, 6.45) is 2.42. The Morgan fingerprint density at radius 3 is 2.92 bits per heavy atom. The SMILES string of the molecule is CCCOc1ccc(/C=N/NC(=O)c2cc(C)[nH]c(=O)n2)cc1Br. The largest absolute Gasteiger partial charge is 0.492 e. The van der Waals surface area contributed by atoms with Crippen molar-refractivity contribution in [2.75, 3.05) is 6.61 Å². The molecule has 0 fully saturated rings. The Balaban J connectivity index is 2.02. The maximum Gasteiger partial charge on any atom is 0.345 e. The number of hydrogen-bond donors (Lipinski definition) is 2. The van der Waals surface area contributed by atoms with Gasteiger partial charge in [0, 0.05) is 5.69 Å². The minimum Gasteiger partial charge on any atom is -0.492 e. The van der Waals surface area contributed by atoms with Crippen LogP contribution in [0.2, 0.25) is 0 Å². The predicted molar refractivity (Wildman–Crippen MR) is 94.6 cm³/mol. The zero-order valence-corrected chi connectivity index (χ0v) is 14.9. The first-order chi connectivity index (χ1) is 11.5. The van der Waals surface area contributed by atoms with Gasteiger partial charge in [-0.3, -0.25) is 4.79 Å². The van der Waals surface area contributed by atoms with Crippen LogP contribution in [0.1, 0.15) is 35.1 Å². The van der Waals surface area contributed by atoms with E-state index in [1.54, 1.807) is 6.92 Å². The highest BCUT2D eigenvalue weighted by atomic mass is 79.9. The number of nitrogens with zero attached hydrogens (tertiary/aromatic N) is 2. The quantitative estimate of drug-likeness (QED) is 0.582. The van der Waals surface area contributed by atoms with Crippen molar-refractivity contribution in [2.24, 2.45) is 5.10 Å². The Labute approximate surface area is 147 Å².